The second-order valence-electron chi connectivity index (χ2n) is 6.74. The summed E-state index contributed by atoms with van der Waals surface area (Å²) in [4.78, 5) is 0. The molecule has 1 fully saturated rings. The number of rotatable bonds is 6. The van der Waals surface area contributed by atoms with Crippen molar-refractivity contribution in [2.75, 3.05) is 27.9 Å². The first-order chi connectivity index (χ1) is 12.7. The van der Waals surface area contributed by atoms with E-state index >= 15 is 0 Å². The maximum Gasteiger partial charge on any atom is 0.122 e. The molecular formula is C21H28N2O3. The molecule has 1 aliphatic heterocycles. The van der Waals surface area contributed by atoms with E-state index in [1.165, 1.54) is 5.56 Å². The van der Waals surface area contributed by atoms with E-state index in [1.807, 2.05) is 29.3 Å². The van der Waals surface area contributed by atoms with Crippen molar-refractivity contribution in [2.45, 2.75) is 25.3 Å². The quantitative estimate of drug-likeness (QED) is 0.802. The van der Waals surface area contributed by atoms with E-state index in [0.29, 0.717) is 5.92 Å². The summed E-state index contributed by atoms with van der Waals surface area (Å²) in [5.41, 5.74) is 2.35. The van der Waals surface area contributed by atoms with Crippen LogP contribution in [0.3, 0.4) is 0 Å². The first-order valence-electron chi connectivity index (χ1n) is 9.02. The van der Waals surface area contributed by atoms with Crippen LogP contribution in [0.2, 0.25) is 0 Å². The Morgan fingerprint density at radius 3 is 2.50 bits per heavy atom. The van der Waals surface area contributed by atoms with Gasteiger partial charge in [0.1, 0.15) is 17.2 Å². The van der Waals surface area contributed by atoms with Crippen molar-refractivity contribution in [3.63, 3.8) is 0 Å². The van der Waals surface area contributed by atoms with Gasteiger partial charge in [0, 0.05) is 6.54 Å². The Kier molecular flexibility index (Phi) is 6.01. The van der Waals surface area contributed by atoms with Crippen molar-refractivity contribution in [2.24, 2.45) is 11.8 Å². The number of nitrogens with zero attached hydrogens (tertiary/aromatic N) is 1. The fourth-order valence-corrected chi connectivity index (χ4v) is 3.93. The number of benzene rings is 2. The molecule has 1 aliphatic rings. The predicted octanol–water partition coefficient (Wildman–Crippen LogP) is 3.58. The molecule has 0 saturated carbocycles. The summed E-state index contributed by atoms with van der Waals surface area (Å²) in [7, 11) is 5.09. The Morgan fingerprint density at radius 1 is 1.00 bits per heavy atom. The van der Waals surface area contributed by atoms with Gasteiger partial charge in [0.2, 0.25) is 0 Å². The van der Waals surface area contributed by atoms with Crippen molar-refractivity contribution in [3.05, 3.63) is 53.6 Å². The van der Waals surface area contributed by atoms with Gasteiger partial charge in [-0.15, -0.1) is 0 Å². The minimum absolute atomic E-state index is 0.148. The summed E-state index contributed by atoms with van der Waals surface area (Å²) in [6, 6.07) is 14.3. The Labute approximate surface area is 155 Å². The van der Waals surface area contributed by atoms with E-state index in [1.54, 1.807) is 21.3 Å². The summed E-state index contributed by atoms with van der Waals surface area (Å²) >= 11 is 0. The highest BCUT2D eigenvalue weighted by Crippen LogP contribution is 2.39. The van der Waals surface area contributed by atoms with Crippen LogP contribution in [0.1, 0.15) is 30.0 Å². The molecule has 3 rings (SSSR count). The minimum atomic E-state index is 0.148. The molecule has 0 amide bonds. The van der Waals surface area contributed by atoms with Crippen LogP contribution < -0.4 is 20.1 Å². The van der Waals surface area contributed by atoms with Crippen LogP contribution >= 0.6 is 0 Å². The van der Waals surface area contributed by atoms with E-state index in [4.69, 9.17) is 20.1 Å². The zero-order valence-corrected chi connectivity index (χ0v) is 15.8. The van der Waals surface area contributed by atoms with Crippen LogP contribution in [0, 0.1) is 5.92 Å². The van der Waals surface area contributed by atoms with Crippen molar-refractivity contribution >= 4 is 0 Å². The molecule has 1 saturated heterocycles. The van der Waals surface area contributed by atoms with Crippen LogP contribution in [-0.4, -0.2) is 32.9 Å². The SMILES string of the molecule is COc1cccc([C@@H]2[C@H](Cc3cc(OC)ccc3OC)CCCN2N)c1. The summed E-state index contributed by atoms with van der Waals surface area (Å²) in [5, 5.41) is 1.97. The van der Waals surface area contributed by atoms with Crippen LogP contribution in [0.5, 0.6) is 17.2 Å². The zero-order chi connectivity index (χ0) is 18.5. The molecule has 2 atom stereocenters. The Bertz CT molecular complexity index is 735. The monoisotopic (exact) mass is 356 g/mol. The number of hydrazine groups is 1. The first-order valence-corrected chi connectivity index (χ1v) is 9.02. The third-order valence-corrected chi connectivity index (χ3v) is 5.20. The molecule has 5 heteroatoms. The van der Waals surface area contributed by atoms with E-state index in [2.05, 4.69) is 18.2 Å². The molecule has 0 radical (unpaired) electrons. The smallest absolute Gasteiger partial charge is 0.122 e. The highest BCUT2D eigenvalue weighted by Gasteiger charge is 2.32. The summed E-state index contributed by atoms with van der Waals surface area (Å²) in [6.45, 7) is 0.896. The standard InChI is InChI=1S/C21H28N2O3/c1-24-18-8-4-6-16(13-18)21-15(7-5-11-23(21)22)12-17-14-19(25-2)9-10-20(17)26-3/h4,6,8-10,13-15,21H,5,7,11-12,22H2,1-3H3/t15-,21-/m0/s1. The number of hydrogen-bond acceptors (Lipinski definition) is 5. The molecule has 2 aromatic carbocycles. The molecule has 2 aromatic rings. The van der Waals surface area contributed by atoms with Crippen molar-refractivity contribution in [1.82, 2.24) is 5.01 Å². The van der Waals surface area contributed by atoms with Gasteiger partial charge in [-0.25, -0.2) is 5.01 Å². The van der Waals surface area contributed by atoms with Gasteiger partial charge in [-0.1, -0.05) is 12.1 Å². The van der Waals surface area contributed by atoms with Gasteiger partial charge in [0.05, 0.1) is 27.4 Å². The number of methoxy groups -OCH3 is 3. The molecule has 140 valence electrons. The van der Waals surface area contributed by atoms with E-state index in [-0.39, 0.29) is 6.04 Å². The second-order valence-corrected chi connectivity index (χ2v) is 6.74. The van der Waals surface area contributed by atoms with Crippen molar-refractivity contribution < 1.29 is 14.2 Å². The summed E-state index contributed by atoms with van der Waals surface area (Å²) < 4.78 is 16.4. The molecule has 0 spiro atoms. The first kappa shape index (κ1) is 18.5. The third kappa shape index (κ3) is 3.94. The number of ether oxygens (including phenoxy) is 3. The maximum absolute atomic E-state index is 6.41. The van der Waals surface area contributed by atoms with Gasteiger partial charge in [-0.3, -0.25) is 5.84 Å². The highest BCUT2D eigenvalue weighted by molar-refractivity contribution is 5.41. The van der Waals surface area contributed by atoms with Gasteiger partial charge in [0.25, 0.3) is 0 Å². The minimum Gasteiger partial charge on any atom is -0.497 e. The van der Waals surface area contributed by atoms with Crippen LogP contribution in [0.4, 0.5) is 0 Å². The normalized spacial score (nSPS) is 20.6. The summed E-state index contributed by atoms with van der Waals surface area (Å²) in [5.74, 6) is 9.40. The van der Waals surface area contributed by atoms with Gasteiger partial charge in [0.15, 0.2) is 0 Å². The molecule has 0 aromatic heterocycles. The second kappa shape index (κ2) is 8.43. The fourth-order valence-electron chi connectivity index (χ4n) is 3.93. The molecule has 26 heavy (non-hydrogen) atoms. The number of hydrogen-bond donors (Lipinski definition) is 1. The average molecular weight is 356 g/mol. The van der Waals surface area contributed by atoms with Gasteiger partial charge in [-0.2, -0.15) is 0 Å². The van der Waals surface area contributed by atoms with E-state index in [9.17, 15) is 0 Å². The molecule has 0 unspecified atom stereocenters. The zero-order valence-electron chi connectivity index (χ0n) is 15.8. The van der Waals surface area contributed by atoms with Crippen LogP contribution in [0.25, 0.3) is 0 Å². The Morgan fingerprint density at radius 2 is 1.77 bits per heavy atom. The maximum atomic E-state index is 6.41. The van der Waals surface area contributed by atoms with Crippen LogP contribution in [0.15, 0.2) is 42.5 Å². The van der Waals surface area contributed by atoms with Gasteiger partial charge >= 0.3 is 0 Å². The van der Waals surface area contributed by atoms with Crippen molar-refractivity contribution in [3.8, 4) is 17.2 Å². The molecule has 0 aliphatic carbocycles. The average Bonchev–Trinajstić information content (AvgIpc) is 2.68. The molecule has 5 nitrogen and oxygen atoms in total. The third-order valence-electron chi connectivity index (χ3n) is 5.20. The Balaban J connectivity index is 1.91. The lowest BCUT2D eigenvalue weighted by Crippen LogP contribution is -2.44. The Hall–Kier alpha value is -2.24. The molecule has 0 bridgehead atoms. The van der Waals surface area contributed by atoms with Gasteiger partial charge < -0.3 is 14.2 Å². The lowest BCUT2D eigenvalue weighted by molar-refractivity contribution is 0.0921. The largest absolute Gasteiger partial charge is 0.497 e. The lowest BCUT2D eigenvalue weighted by Gasteiger charge is -2.39. The lowest BCUT2D eigenvalue weighted by atomic mass is 9.81. The fraction of sp³-hybridized carbons (Fsp3) is 0.429. The van der Waals surface area contributed by atoms with Crippen molar-refractivity contribution in [1.29, 1.82) is 0 Å². The molecule has 1 heterocycles. The number of nitrogens with two attached hydrogens (primary N) is 1. The topological polar surface area (TPSA) is 57.0 Å². The van der Waals surface area contributed by atoms with E-state index in [0.717, 1.165) is 48.6 Å². The summed E-state index contributed by atoms with van der Waals surface area (Å²) in [6.07, 6.45) is 3.10. The number of piperidine rings is 1. The molecular weight excluding hydrogens is 328 g/mol. The molecule has 2 N–H and O–H groups in total. The van der Waals surface area contributed by atoms with Crippen LogP contribution in [-0.2, 0) is 6.42 Å². The predicted molar refractivity (Wildman–Crippen MR) is 103 cm³/mol. The highest BCUT2D eigenvalue weighted by atomic mass is 16.5. The van der Waals surface area contributed by atoms with E-state index < -0.39 is 0 Å². The van der Waals surface area contributed by atoms with Gasteiger partial charge in [-0.05, 0) is 66.6 Å².